The van der Waals surface area contributed by atoms with E-state index >= 15 is 0 Å². The van der Waals surface area contributed by atoms with Gasteiger partial charge in [0, 0.05) is 6.54 Å². The van der Waals surface area contributed by atoms with Gasteiger partial charge in [-0.25, -0.2) is 0 Å². The number of carbonyl (C=O) groups excluding carboxylic acids is 1. The predicted molar refractivity (Wildman–Crippen MR) is 60.8 cm³/mol. The number of fused-ring (bicyclic) bond motifs is 1. The van der Waals surface area contributed by atoms with Gasteiger partial charge in [-0.1, -0.05) is 31.2 Å². The molecule has 0 saturated heterocycles. The molecule has 1 aliphatic rings. The number of rotatable bonds is 3. The van der Waals surface area contributed by atoms with E-state index in [-0.39, 0.29) is 11.3 Å². The quantitative estimate of drug-likeness (QED) is 0.800. The highest BCUT2D eigenvalue weighted by Crippen LogP contribution is 2.40. The second kappa shape index (κ2) is 3.69. The number of hydrogen-bond acceptors (Lipinski definition) is 1. The van der Waals surface area contributed by atoms with Crippen LogP contribution in [0.25, 0.3) is 0 Å². The van der Waals surface area contributed by atoms with Gasteiger partial charge in [0.2, 0.25) is 5.91 Å². The van der Waals surface area contributed by atoms with Gasteiger partial charge in [-0.3, -0.25) is 4.79 Å². The summed E-state index contributed by atoms with van der Waals surface area (Å²) in [6.45, 7) is 4.87. The Morgan fingerprint density at radius 1 is 1.47 bits per heavy atom. The number of amides is 1. The summed E-state index contributed by atoms with van der Waals surface area (Å²) in [5.41, 5.74) is 2.22. The molecule has 1 aliphatic carbocycles. The summed E-state index contributed by atoms with van der Waals surface area (Å²) in [4.78, 5) is 12.0. The standard InChI is InChI=1S/C13H17NO/c1-3-8-14-12(15)13(2)9-10-6-4-5-7-11(10)13/h4-7H,3,8-9H2,1-2H3,(H,14,15). The van der Waals surface area contributed by atoms with E-state index in [1.807, 2.05) is 19.1 Å². The second-order valence-electron chi connectivity index (χ2n) is 4.42. The molecular weight excluding hydrogens is 186 g/mol. The zero-order valence-electron chi connectivity index (χ0n) is 9.34. The van der Waals surface area contributed by atoms with Crippen molar-refractivity contribution in [3.63, 3.8) is 0 Å². The highest BCUT2D eigenvalue weighted by atomic mass is 16.2. The van der Waals surface area contributed by atoms with Crippen LogP contribution in [0.3, 0.4) is 0 Å². The van der Waals surface area contributed by atoms with E-state index < -0.39 is 0 Å². The van der Waals surface area contributed by atoms with Crippen LogP contribution in [0.15, 0.2) is 24.3 Å². The van der Waals surface area contributed by atoms with Gasteiger partial charge in [0.15, 0.2) is 0 Å². The lowest BCUT2D eigenvalue weighted by atomic mass is 9.64. The molecule has 1 unspecified atom stereocenters. The average Bonchev–Trinajstić information content (AvgIpc) is 2.24. The fourth-order valence-corrected chi connectivity index (χ4v) is 2.22. The van der Waals surface area contributed by atoms with Crippen LogP contribution in [-0.4, -0.2) is 12.5 Å². The molecule has 80 valence electrons. The van der Waals surface area contributed by atoms with Crippen molar-refractivity contribution in [1.82, 2.24) is 5.32 Å². The zero-order chi connectivity index (χ0) is 10.9. The second-order valence-corrected chi connectivity index (χ2v) is 4.42. The summed E-state index contributed by atoms with van der Waals surface area (Å²) in [5.74, 6) is 0.169. The molecule has 1 N–H and O–H groups in total. The van der Waals surface area contributed by atoms with Crippen molar-refractivity contribution in [3.8, 4) is 0 Å². The highest BCUT2D eigenvalue weighted by Gasteiger charge is 2.44. The number of nitrogens with one attached hydrogen (secondary N) is 1. The highest BCUT2D eigenvalue weighted by molar-refractivity contribution is 5.91. The van der Waals surface area contributed by atoms with Crippen LogP contribution in [0, 0.1) is 0 Å². The molecule has 0 bridgehead atoms. The fraction of sp³-hybridized carbons (Fsp3) is 0.462. The van der Waals surface area contributed by atoms with E-state index in [9.17, 15) is 4.79 Å². The van der Waals surface area contributed by atoms with Gasteiger partial charge in [0.25, 0.3) is 0 Å². The van der Waals surface area contributed by atoms with E-state index in [1.54, 1.807) is 0 Å². The molecule has 1 atom stereocenters. The van der Waals surface area contributed by atoms with Crippen molar-refractivity contribution in [2.75, 3.05) is 6.54 Å². The maximum absolute atomic E-state index is 12.0. The van der Waals surface area contributed by atoms with Crippen molar-refractivity contribution in [3.05, 3.63) is 35.4 Å². The molecule has 0 radical (unpaired) electrons. The summed E-state index contributed by atoms with van der Waals surface area (Å²) in [7, 11) is 0. The molecular formula is C13H17NO. The van der Waals surface area contributed by atoms with Gasteiger partial charge in [-0.05, 0) is 30.9 Å². The monoisotopic (exact) mass is 203 g/mol. The fourth-order valence-electron chi connectivity index (χ4n) is 2.22. The first-order valence-electron chi connectivity index (χ1n) is 5.55. The molecule has 15 heavy (non-hydrogen) atoms. The van der Waals surface area contributed by atoms with E-state index in [4.69, 9.17) is 0 Å². The smallest absolute Gasteiger partial charge is 0.230 e. The van der Waals surface area contributed by atoms with Gasteiger partial charge in [0.05, 0.1) is 5.41 Å². The molecule has 2 nitrogen and oxygen atoms in total. The molecule has 1 amide bonds. The van der Waals surface area contributed by atoms with E-state index in [0.717, 1.165) is 19.4 Å². The third-order valence-corrected chi connectivity index (χ3v) is 3.19. The molecule has 0 spiro atoms. The Hall–Kier alpha value is -1.31. The first kappa shape index (κ1) is 10.2. The Labute approximate surface area is 90.7 Å². The topological polar surface area (TPSA) is 29.1 Å². The van der Waals surface area contributed by atoms with Gasteiger partial charge in [-0.15, -0.1) is 0 Å². The van der Waals surface area contributed by atoms with Crippen molar-refractivity contribution in [2.24, 2.45) is 0 Å². The minimum Gasteiger partial charge on any atom is -0.355 e. The number of benzene rings is 1. The third kappa shape index (κ3) is 1.54. The van der Waals surface area contributed by atoms with E-state index in [1.165, 1.54) is 11.1 Å². The maximum Gasteiger partial charge on any atom is 0.230 e. The molecule has 2 rings (SSSR count). The first-order chi connectivity index (χ1) is 7.18. The zero-order valence-corrected chi connectivity index (χ0v) is 9.34. The van der Waals surface area contributed by atoms with Gasteiger partial charge >= 0.3 is 0 Å². The first-order valence-corrected chi connectivity index (χ1v) is 5.55. The molecule has 0 aliphatic heterocycles. The molecule has 2 heteroatoms. The maximum atomic E-state index is 12.0. The summed E-state index contributed by atoms with van der Waals surface area (Å²) in [5, 5.41) is 2.98. The largest absolute Gasteiger partial charge is 0.355 e. The van der Waals surface area contributed by atoms with Gasteiger partial charge in [-0.2, -0.15) is 0 Å². The van der Waals surface area contributed by atoms with Crippen molar-refractivity contribution < 1.29 is 4.79 Å². The van der Waals surface area contributed by atoms with Crippen LogP contribution in [0.5, 0.6) is 0 Å². The summed E-state index contributed by atoms with van der Waals surface area (Å²) in [6, 6.07) is 8.19. The lowest BCUT2D eigenvalue weighted by Gasteiger charge is -2.39. The predicted octanol–water partition coefficient (Wildman–Crippen LogP) is 2.03. The minimum absolute atomic E-state index is 0.169. The van der Waals surface area contributed by atoms with Crippen LogP contribution in [-0.2, 0) is 16.6 Å². The molecule has 0 aromatic heterocycles. The van der Waals surface area contributed by atoms with Crippen LogP contribution >= 0.6 is 0 Å². The lowest BCUT2D eigenvalue weighted by Crippen LogP contribution is -2.49. The van der Waals surface area contributed by atoms with Gasteiger partial charge < -0.3 is 5.32 Å². The lowest BCUT2D eigenvalue weighted by molar-refractivity contribution is -0.127. The normalized spacial score (nSPS) is 22.8. The van der Waals surface area contributed by atoms with Crippen LogP contribution < -0.4 is 5.32 Å². The molecule has 0 fully saturated rings. The Morgan fingerprint density at radius 2 is 2.20 bits per heavy atom. The Balaban J connectivity index is 2.15. The Morgan fingerprint density at radius 3 is 2.87 bits per heavy atom. The summed E-state index contributed by atoms with van der Waals surface area (Å²) >= 11 is 0. The summed E-state index contributed by atoms with van der Waals surface area (Å²) in [6.07, 6.45) is 1.86. The minimum atomic E-state index is -0.286. The van der Waals surface area contributed by atoms with Crippen LogP contribution in [0.1, 0.15) is 31.4 Å². The molecule has 1 aromatic carbocycles. The number of carbonyl (C=O) groups is 1. The van der Waals surface area contributed by atoms with Crippen molar-refractivity contribution in [1.29, 1.82) is 0 Å². The van der Waals surface area contributed by atoms with Crippen molar-refractivity contribution >= 4 is 5.91 Å². The van der Waals surface area contributed by atoms with Crippen LogP contribution in [0.4, 0.5) is 0 Å². The SMILES string of the molecule is CCCNC(=O)C1(C)Cc2ccccc21. The Kier molecular flexibility index (Phi) is 2.51. The summed E-state index contributed by atoms with van der Waals surface area (Å²) < 4.78 is 0. The molecule has 0 saturated carbocycles. The van der Waals surface area contributed by atoms with Crippen molar-refractivity contribution in [2.45, 2.75) is 32.1 Å². The Bertz CT molecular complexity index is 386. The third-order valence-electron chi connectivity index (χ3n) is 3.19. The number of hydrogen-bond donors (Lipinski definition) is 1. The van der Waals surface area contributed by atoms with Gasteiger partial charge in [0.1, 0.15) is 0 Å². The molecule has 0 heterocycles. The van der Waals surface area contributed by atoms with E-state index in [2.05, 4.69) is 24.4 Å². The average molecular weight is 203 g/mol. The van der Waals surface area contributed by atoms with E-state index in [0.29, 0.717) is 0 Å². The molecule has 1 aromatic rings. The van der Waals surface area contributed by atoms with Crippen LogP contribution in [0.2, 0.25) is 0 Å².